The molecular formula is C34H26N4O4S. The second-order valence-corrected chi connectivity index (χ2v) is 11.6. The van der Waals surface area contributed by atoms with Gasteiger partial charge < -0.3 is 14.2 Å². The van der Waals surface area contributed by atoms with Crippen molar-refractivity contribution in [3.63, 3.8) is 0 Å². The smallest absolute Gasteiger partial charge is 0.301 e. The number of pyridine rings is 1. The van der Waals surface area contributed by atoms with Crippen LogP contribution >= 0.6 is 11.3 Å². The van der Waals surface area contributed by atoms with E-state index in [0.29, 0.717) is 33.5 Å². The molecule has 0 aliphatic carbocycles. The number of nitrogens with zero attached hydrogens (tertiary/aromatic N) is 4. The van der Waals surface area contributed by atoms with Crippen LogP contribution in [0.25, 0.3) is 21.6 Å². The number of para-hydroxylation sites is 1. The highest BCUT2D eigenvalue weighted by atomic mass is 32.1. The number of Topliss-reactive ketones (excluding diaryl/α,β-unsaturated/α-hetero) is 1. The van der Waals surface area contributed by atoms with E-state index in [1.54, 1.807) is 18.2 Å². The molecule has 0 radical (unpaired) electrons. The Kier molecular flexibility index (Phi) is 6.32. The van der Waals surface area contributed by atoms with Gasteiger partial charge in [0.15, 0.2) is 10.9 Å². The first-order valence-electron chi connectivity index (χ1n) is 13.8. The van der Waals surface area contributed by atoms with Crippen molar-refractivity contribution in [1.29, 1.82) is 0 Å². The molecule has 212 valence electrons. The summed E-state index contributed by atoms with van der Waals surface area (Å²) in [6, 6.07) is 25.2. The number of imidazole rings is 1. The van der Waals surface area contributed by atoms with Gasteiger partial charge in [0.1, 0.15) is 22.8 Å². The Morgan fingerprint density at radius 3 is 2.47 bits per heavy atom. The largest absolute Gasteiger partial charge is 0.505 e. The Bertz CT molecular complexity index is 2110. The van der Waals surface area contributed by atoms with Crippen molar-refractivity contribution in [3.05, 3.63) is 125 Å². The summed E-state index contributed by atoms with van der Waals surface area (Å²) >= 11 is 1.32. The van der Waals surface area contributed by atoms with Crippen LogP contribution in [0.1, 0.15) is 34.1 Å². The number of anilines is 1. The lowest BCUT2D eigenvalue weighted by Crippen LogP contribution is -2.29. The Morgan fingerprint density at radius 2 is 1.67 bits per heavy atom. The number of thiazole rings is 1. The van der Waals surface area contributed by atoms with Gasteiger partial charge in [-0.2, -0.15) is 0 Å². The lowest BCUT2D eigenvalue weighted by atomic mass is 9.96. The van der Waals surface area contributed by atoms with Gasteiger partial charge in [0, 0.05) is 6.20 Å². The number of rotatable bonds is 5. The van der Waals surface area contributed by atoms with Crippen LogP contribution in [0.2, 0.25) is 0 Å². The highest BCUT2D eigenvalue weighted by Crippen LogP contribution is 2.45. The van der Waals surface area contributed by atoms with E-state index < -0.39 is 17.7 Å². The van der Waals surface area contributed by atoms with Crippen LogP contribution in [0, 0.1) is 20.8 Å². The van der Waals surface area contributed by atoms with E-state index >= 15 is 0 Å². The number of aryl methyl sites for hydroxylation is 3. The maximum absolute atomic E-state index is 13.8. The molecule has 1 fully saturated rings. The SMILES string of the molecule is Cc1ccc2nc(N3C(=O)C(=O)C(=C(O)c4nc5c(C)cccn5c4C)C3c3cccc(Oc4ccccc4)c3)sc2c1. The average Bonchev–Trinajstić information content (AvgIpc) is 3.65. The number of fused-ring (bicyclic) bond motifs is 2. The lowest BCUT2D eigenvalue weighted by molar-refractivity contribution is -0.132. The van der Waals surface area contributed by atoms with Crippen LogP contribution < -0.4 is 9.64 Å². The number of aromatic nitrogens is 3. The molecule has 1 aliphatic heterocycles. The van der Waals surface area contributed by atoms with E-state index in [1.807, 2.05) is 98.1 Å². The van der Waals surface area contributed by atoms with Crippen molar-refractivity contribution in [2.75, 3.05) is 4.90 Å². The van der Waals surface area contributed by atoms with E-state index in [1.165, 1.54) is 16.2 Å². The number of ether oxygens (including phenoxy) is 1. The van der Waals surface area contributed by atoms with Gasteiger partial charge in [-0.25, -0.2) is 9.97 Å². The van der Waals surface area contributed by atoms with Crippen LogP contribution in [0.15, 0.2) is 96.7 Å². The predicted molar refractivity (Wildman–Crippen MR) is 167 cm³/mol. The predicted octanol–water partition coefficient (Wildman–Crippen LogP) is 7.29. The van der Waals surface area contributed by atoms with E-state index in [-0.39, 0.29) is 17.0 Å². The highest BCUT2D eigenvalue weighted by Gasteiger charge is 2.48. The monoisotopic (exact) mass is 586 g/mol. The summed E-state index contributed by atoms with van der Waals surface area (Å²) in [6.45, 7) is 5.74. The molecule has 1 unspecified atom stereocenters. The molecule has 3 aromatic carbocycles. The van der Waals surface area contributed by atoms with Crippen molar-refractivity contribution in [3.8, 4) is 11.5 Å². The number of ketones is 1. The van der Waals surface area contributed by atoms with Crippen molar-refractivity contribution in [2.45, 2.75) is 26.8 Å². The molecule has 6 aromatic rings. The Hall–Kier alpha value is -5.28. The molecule has 8 nitrogen and oxygen atoms in total. The van der Waals surface area contributed by atoms with Gasteiger partial charge in [0.2, 0.25) is 0 Å². The summed E-state index contributed by atoms with van der Waals surface area (Å²) < 4.78 is 8.84. The molecule has 9 heteroatoms. The fourth-order valence-electron chi connectivity index (χ4n) is 5.51. The van der Waals surface area contributed by atoms with Gasteiger partial charge in [0.05, 0.1) is 27.5 Å². The first-order valence-corrected chi connectivity index (χ1v) is 14.6. The number of hydrogen-bond acceptors (Lipinski definition) is 7. The second-order valence-electron chi connectivity index (χ2n) is 10.6. The van der Waals surface area contributed by atoms with Crippen LogP contribution in [0.4, 0.5) is 5.13 Å². The van der Waals surface area contributed by atoms with E-state index in [2.05, 4.69) is 0 Å². The topological polar surface area (TPSA) is 97.0 Å². The summed E-state index contributed by atoms with van der Waals surface area (Å²) in [5.41, 5.74) is 4.78. The molecule has 7 rings (SSSR count). The fraction of sp³-hybridized carbons (Fsp3) is 0.118. The van der Waals surface area contributed by atoms with Crippen molar-refractivity contribution < 1.29 is 19.4 Å². The zero-order chi connectivity index (χ0) is 29.8. The minimum atomic E-state index is -0.966. The average molecular weight is 587 g/mol. The molecule has 1 N–H and O–H groups in total. The molecule has 1 saturated heterocycles. The zero-order valence-corrected chi connectivity index (χ0v) is 24.4. The molecule has 43 heavy (non-hydrogen) atoms. The van der Waals surface area contributed by atoms with Crippen molar-refractivity contribution in [2.24, 2.45) is 0 Å². The standard InChI is InChI=1S/C34H26N4O4S/c1-19-14-15-25-26(17-19)43-34(35-25)38-29(22-10-7-13-24(18-22)42-23-11-5-4-6-12-23)27(31(40)33(38)41)30(39)28-21(3)37-16-8-9-20(2)32(37)36-28/h4-18,29,39H,1-3H3. The van der Waals surface area contributed by atoms with Gasteiger partial charge in [-0.3, -0.25) is 14.5 Å². The zero-order valence-electron chi connectivity index (χ0n) is 23.6. The van der Waals surface area contributed by atoms with Crippen molar-refractivity contribution >= 4 is 49.8 Å². The third-order valence-electron chi connectivity index (χ3n) is 7.64. The molecule has 1 amide bonds. The molecule has 3 aromatic heterocycles. The minimum absolute atomic E-state index is 0.0542. The van der Waals surface area contributed by atoms with Crippen LogP contribution in [-0.2, 0) is 9.59 Å². The third-order valence-corrected chi connectivity index (χ3v) is 8.66. The van der Waals surface area contributed by atoms with E-state index in [9.17, 15) is 14.7 Å². The molecule has 4 heterocycles. The summed E-state index contributed by atoms with van der Waals surface area (Å²) in [5.74, 6) is -0.743. The van der Waals surface area contributed by atoms with Gasteiger partial charge in [-0.05, 0) is 79.9 Å². The van der Waals surface area contributed by atoms with Crippen LogP contribution in [0.5, 0.6) is 11.5 Å². The van der Waals surface area contributed by atoms with Gasteiger partial charge >= 0.3 is 5.91 Å². The normalized spacial score (nSPS) is 16.4. The molecule has 0 spiro atoms. The fourth-order valence-corrected chi connectivity index (χ4v) is 6.61. The number of aliphatic hydroxyl groups excluding tert-OH is 1. The second kappa shape index (κ2) is 10.2. The first-order chi connectivity index (χ1) is 20.8. The first kappa shape index (κ1) is 26.6. The summed E-state index contributed by atoms with van der Waals surface area (Å²) in [4.78, 5) is 38.4. The van der Waals surface area contributed by atoms with Gasteiger partial charge in [-0.15, -0.1) is 0 Å². The highest BCUT2D eigenvalue weighted by molar-refractivity contribution is 7.22. The maximum atomic E-state index is 13.8. The van der Waals surface area contributed by atoms with E-state index in [4.69, 9.17) is 14.7 Å². The number of benzene rings is 3. The lowest BCUT2D eigenvalue weighted by Gasteiger charge is -2.23. The van der Waals surface area contributed by atoms with Crippen LogP contribution in [-0.4, -0.2) is 31.2 Å². The number of aliphatic hydroxyl groups is 1. The van der Waals surface area contributed by atoms with Crippen LogP contribution in [0.3, 0.4) is 0 Å². The van der Waals surface area contributed by atoms with Crippen molar-refractivity contribution in [1.82, 2.24) is 14.4 Å². The Balaban J connectivity index is 1.43. The maximum Gasteiger partial charge on any atom is 0.301 e. The molecule has 0 saturated carbocycles. The summed E-state index contributed by atoms with van der Waals surface area (Å²) in [6.07, 6.45) is 1.85. The molecule has 1 aliphatic rings. The number of hydrogen-bond donors (Lipinski definition) is 1. The molecule has 0 bridgehead atoms. The van der Waals surface area contributed by atoms with Gasteiger partial charge in [0.25, 0.3) is 5.78 Å². The molecular weight excluding hydrogens is 560 g/mol. The third kappa shape index (κ3) is 4.45. The quantitative estimate of drug-likeness (QED) is 0.129. The Morgan fingerprint density at radius 1 is 0.884 bits per heavy atom. The number of carbonyl (C=O) groups excluding carboxylic acids is 2. The number of carbonyl (C=O) groups is 2. The number of amides is 1. The summed E-state index contributed by atoms with van der Waals surface area (Å²) in [7, 11) is 0. The molecule has 1 atom stereocenters. The minimum Gasteiger partial charge on any atom is -0.505 e. The van der Waals surface area contributed by atoms with Gasteiger partial charge in [-0.1, -0.05) is 53.8 Å². The Labute approximate surface area is 251 Å². The summed E-state index contributed by atoms with van der Waals surface area (Å²) in [5, 5.41) is 12.2. The van der Waals surface area contributed by atoms with E-state index in [0.717, 1.165) is 21.3 Å².